The number of carbonyl (C=O) groups excluding carboxylic acids is 1. The molecule has 0 aliphatic heterocycles. The molecule has 2 aromatic rings. The minimum absolute atomic E-state index is 0.0487. The van der Waals surface area contributed by atoms with Crippen LogP contribution in [0.2, 0.25) is 0 Å². The van der Waals surface area contributed by atoms with E-state index in [4.69, 9.17) is 0 Å². The van der Waals surface area contributed by atoms with Gasteiger partial charge in [0, 0.05) is 17.8 Å². The summed E-state index contributed by atoms with van der Waals surface area (Å²) in [7, 11) is 1.32. The first-order valence-corrected chi connectivity index (χ1v) is 4.45. The molecule has 0 spiro atoms. The number of hydrogen-bond donors (Lipinski definition) is 1. The number of methoxy groups -OCH3 is 1. The van der Waals surface area contributed by atoms with Gasteiger partial charge >= 0.3 is 5.97 Å². The smallest absolute Gasteiger partial charge is 0.325 e. The van der Waals surface area contributed by atoms with Crippen molar-refractivity contribution in [3.63, 3.8) is 0 Å². The summed E-state index contributed by atoms with van der Waals surface area (Å²) in [6.45, 7) is 0.0487. The van der Waals surface area contributed by atoms with Crippen LogP contribution in [-0.4, -0.2) is 22.6 Å². The fourth-order valence-electron chi connectivity index (χ4n) is 1.50. The highest BCUT2D eigenvalue weighted by Crippen LogP contribution is 2.09. The Morgan fingerprint density at radius 3 is 3.07 bits per heavy atom. The number of rotatable bonds is 2. The summed E-state index contributed by atoms with van der Waals surface area (Å²) in [6, 6.07) is 3.57. The molecule has 0 bridgehead atoms. The van der Waals surface area contributed by atoms with Crippen LogP contribution in [0.15, 0.2) is 29.3 Å². The van der Waals surface area contributed by atoms with Gasteiger partial charge in [-0.3, -0.25) is 9.59 Å². The first-order chi connectivity index (χ1) is 7.22. The fraction of sp³-hybridized carbons (Fsp3) is 0.200. The predicted molar refractivity (Wildman–Crippen MR) is 54.6 cm³/mol. The molecule has 0 unspecified atom stereocenters. The number of nitrogens with zero attached hydrogens (tertiary/aromatic N) is 1. The van der Waals surface area contributed by atoms with Crippen LogP contribution < -0.4 is 5.56 Å². The highest BCUT2D eigenvalue weighted by molar-refractivity contribution is 5.80. The van der Waals surface area contributed by atoms with E-state index in [0.717, 1.165) is 5.39 Å². The Bertz CT molecular complexity index is 553. The molecule has 0 aliphatic carbocycles. The minimum Gasteiger partial charge on any atom is -0.468 e. The molecule has 5 heteroatoms. The van der Waals surface area contributed by atoms with E-state index in [1.807, 2.05) is 0 Å². The van der Waals surface area contributed by atoms with E-state index in [9.17, 15) is 9.59 Å². The Labute approximate surface area is 85.3 Å². The van der Waals surface area contributed by atoms with E-state index >= 15 is 0 Å². The van der Waals surface area contributed by atoms with Gasteiger partial charge in [0.25, 0.3) is 5.56 Å². The topological polar surface area (TPSA) is 64.1 Å². The highest BCUT2D eigenvalue weighted by Gasteiger charge is 2.08. The number of esters is 1. The maximum absolute atomic E-state index is 11.5. The number of fused-ring (bicyclic) bond motifs is 1. The highest BCUT2D eigenvalue weighted by atomic mass is 16.5. The summed E-state index contributed by atoms with van der Waals surface area (Å²) in [4.78, 5) is 25.1. The fourth-order valence-corrected chi connectivity index (χ4v) is 1.50. The molecular formula is C10H10N2O3. The minimum atomic E-state index is -0.379. The molecule has 1 N–H and O–H groups in total. The second kappa shape index (κ2) is 3.61. The zero-order valence-corrected chi connectivity index (χ0v) is 8.19. The van der Waals surface area contributed by atoms with E-state index in [-0.39, 0.29) is 18.1 Å². The van der Waals surface area contributed by atoms with Gasteiger partial charge in [-0.25, -0.2) is 0 Å². The van der Waals surface area contributed by atoms with Crippen LogP contribution in [0.25, 0.3) is 10.9 Å². The zero-order valence-electron chi connectivity index (χ0n) is 8.19. The summed E-state index contributed by atoms with van der Waals surface area (Å²) >= 11 is 0. The van der Waals surface area contributed by atoms with Crippen molar-refractivity contribution < 1.29 is 9.53 Å². The number of aromatic nitrogens is 2. The van der Waals surface area contributed by atoms with Gasteiger partial charge in [-0.2, -0.15) is 0 Å². The van der Waals surface area contributed by atoms with Crippen molar-refractivity contribution in [3.8, 4) is 0 Å². The summed E-state index contributed by atoms with van der Waals surface area (Å²) in [5, 5.41) is 0.808. The van der Waals surface area contributed by atoms with E-state index in [0.29, 0.717) is 5.52 Å². The van der Waals surface area contributed by atoms with E-state index in [2.05, 4.69) is 9.72 Å². The van der Waals surface area contributed by atoms with Crippen LogP contribution in [0.5, 0.6) is 0 Å². The van der Waals surface area contributed by atoms with Crippen LogP contribution in [0.4, 0.5) is 0 Å². The number of carbonyl (C=O) groups is 1. The third-order valence-electron chi connectivity index (χ3n) is 2.21. The lowest BCUT2D eigenvalue weighted by molar-refractivity contribution is -0.141. The molecule has 0 saturated carbocycles. The van der Waals surface area contributed by atoms with Crippen LogP contribution in [0.1, 0.15) is 0 Å². The molecule has 15 heavy (non-hydrogen) atoms. The number of ether oxygens (including phenoxy) is 1. The third-order valence-corrected chi connectivity index (χ3v) is 2.21. The molecule has 2 aromatic heterocycles. The van der Waals surface area contributed by atoms with Gasteiger partial charge in [-0.05, 0) is 12.1 Å². The summed E-state index contributed by atoms with van der Waals surface area (Å²) in [6.07, 6.45) is 3.27. The molecule has 78 valence electrons. The van der Waals surface area contributed by atoms with Gasteiger partial charge in [-0.15, -0.1) is 0 Å². The predicted octanol–water partition coefficient (Wildman–Crippen LogP) is 0.503. The number of pyridine rings is 1. The summed E-state index contributed by atoms with van der Waals surface area (Å²) in [5.74, 6) is -0.379. The van der Waals surface area contributed by atoms with Gasteiger partial charge < -0.3 is 14.3 Å². The lowest BCUT2D eigenvalue weighted by Gasteiger charge is -2.02. The molecule has 2 heterocycles. The first kappa shape index (κ1) is 9.51. The van der Waals surface area contributed by atoms with Gasteiger partial charge in [0.15, 0.2) is 0 Å². The molecule has 0 amide bonds. The summed E-state index contributed by atoms with van der Waals surface area (Å²) < 4.78 is 6.11. The van der Waals surface area contributed by atoms with Gasteiger partial charge in [0.05, 0.1) is 7.11 Å². The number of H-pyrrole nitrogens is 1. The van der Waals surface area contributed by atoms with Crippen LogP contribution in [0, 0.1) is 0 Å². The second-order valence-electron chi connectivity index (χ2n) is 3.13. The molecule has 5 nitrogen and oxygen atoms in total. The van der Waals surface area contributed by atoms with Crippen molar-refractivity contribution in [2.24, 2.45) is 0 Å². The average molecular weight is 206 g/mol. The third kappa shape index (κ3) is 1.63. The Hall–Kier alpha value is -2.04. The van der Waals surface area contributed by atoms with Crippen molar-refractivity contribution in [2.45, 2.75) is 6.54 Å². The van der Waals surface area contributed by atoms with Crippen LogP contribution in [0.3, 0.4) is 0 Å². The van der Waals surface area contributed by atoms with Crippen molar-refractivity contribution in [3.05, 3.63) is 34.9 Å². The molecule has 0 radical (unpaired) electrons. The maximum atomic E-state index is 11.5. The first-order valence-electron chi connectivity index (χ1n) is 4.45. The van der Waals surface area contributed by atoms with E-state index in [1.54, 1.807) is 29.1 Å². The Morgan fingerprint density at radius 1 is 1.53 bits per heavy atom. The Balaban J connectivity index is 2.53. The van der Waals surface area contributed by atoms with Crippen molar-refractivity contribution in [1.29, 1.82) is 0 Å². The SMILES string of the molecule is COC(=O)Cn1ccc2cc[nH]c(=O)c21. The molecule has 0 atom stereocenters. The number of hydrogen-bond acceptors (Lipinski definition) is 3. The number of nitrogens with one attached hydrogen (secondary N) is 1. The van der Waals surface area contributed by atoms with Crippen LogP contribution >= 0.6 is 0 Å². The monoisotopic (exact) mass is 206 g/mol. The average Bonchev–Trinajstić information content (AvgIpc) is 2.63. The van der Waals surface area contributed by atoms with Crippen molar-refractivity contribution in [2.75, 3.05) is 7.11 Å². The van der Waals surface area contributed by atoms with Crippen LogP contribution in [-0.2, 0) is 16.1 Å². The second-order valence-corrected chi connectivity index (χ2v) is 3.13. The van der Waals surface area contributed by atoms with Crippen molar-refractivity contribution in [1.82, 2.24) is 9.55 Å². The molecule has 0 saturated heterocycles. The van der Waals surface area contributed by atoms with E-state index < -0.39 is 0 Å². The lowest BCUT2D eigenvalue weighted by atomic mass is 10.3. The molecule has 0 fully saturated rings. The largest absolute Gasteiger partial charge is 0.468 e. The quantitative estimate of drug-likeness (QED) is 0.728. The van der Waals surface area contributed by atoms with Crippen molar-refractivity contribution >= 4 is 16.9 Å². The zero-order chi connectivity index (χ0) is 10.8. The lowest BCUT2D eigenvalue weighted by Crippen LogP contribution is -2.15. The van der Waals surface area contributed by atoms with E-state index in [1.165, 1.54) is 7.11 Å². The Kier molecular flexibility index (Phi) is 2.29. The maximum Gasteiger partial charge on any atom is 0.325 e. The Morgan fingerprint density at radius 2 is 2.33 bits per heavy atom. The molecule has 0 aliphatic rings. The molecule has 2 rings (SSSR count). The van der Waals surface area contributed by atoms with Gasteiger partial charge in [0.2, 0.25) is 0 Å². The standard InChI is InChI=1S/C10H10N2O3/c1-15-8(13)6-12-5-3-7-2-4-11-10(14)9(7)12/h2-5H,6H2,1H3,(H,11,14). The summed E-state index contributed by atoms with van der Waals surface area (Å²) in [5.41, 5.74) is 0.282. The van der Waals surface area contributed by atoms with Gasteiger partial charge in [-0.1, -0.05) is 0 Å². The normalized spacial score (nSPS) is 10.5. The van der Waals surface area contributed by atoms with Gasteiger partial charge in [0.1, 0.15) is 12.1 Å². The molecule has 0 aromatic carbocycles. The molecular weight excluding hydrogens is 196 g/mol. The number of aromatic amines is 1.